The van der Waals surface area contributed by atoms with Crippen molar-refractivity contribution in [2.24, 2.45) is 0 Å². The summed E-state index contributed by atoms with van der Waals surface area (Å²) in [4.78, 5) is 11.0. The fourth-order valence-corrected chi connectivity index (χ4v) is 1.02. The van der Waals surface area contributed by atoms with E-state index in [1.807, 2.05) is 19.4 Å². The van der Waals surface area contributed by atoms with E-state index in [1.54, 1.807) is 6.92 Å². The van der Waals surface area contributed by atoms with Gasteiger partial charge < -0.3 is 4.74 Å². The Bertz CT molecular complexity index is 208. The van der Waals surface area contributed by atoms with Gasteiger partial charge in [0, 0.05) is 10.8 Å². The van der Waals surface area contributed by atoms with E-state index in [4.69, 9.17) is 15.4 Å². The molecule has 78 valence electrons. The average molecular weight is 225 g/mol. The summed E-state index contributed by atoms with van der Waals surface area (Å²) < 4.78 is 4.99. The average Bonchev–Trinajstić information content (AvgIpc) is 1.97. The molecule has 0 aromatic carbocycles. The van der Waals surface area contributed by atoms with Gasteiger partial charge in [-0.15, -0.1) is 0 Å². The van der Waals surface area contributed by atoms with Crippen LogP contribution in [-0.4, -0.2) is 30.3 Å². The number of esters is 1. The Morgan fingerprint density at radius 1 is 1.62 bits per heavy atom. The predicted octanol–water partition coefficient (Wildman–Crippen LogP) is 2.71. The first-order valence-corrected chi connectivity index (χ1v) is 7.33. The molecule has 0 aliphatic rings. The first-order chi connectivity index (χ1) is 5.75. The Labute approximate surface area is 86.1 Å². The SMILES string of the molecule is C=C(C)C(=O)OCC(C)S(C)(C)Cl. The van der Waals surface area contributed by atoms with Gasteiger partial charge in [0.05, 0.1) is 0 Å². The van der Waals surface area contributed by atoms with Gasteiger partial charge in [0.2, 0.25) is 0 Å². The molecular weight excluding hydrogens is 208 g/mol. The highest BCUT2D eigenvalue weighted by Gasteiger charge is 2.19. The van der Waals surface area contributed by atoms with Crippen molar-refractivity contribution in [2.45, 2.75) is 19.1 Å². The number of hydrogen-bond donors (Lipinski definition) is 0. The molecule has 2 nitrogen and oxygen atoms in total. The number of ether oxygens (including phenoxy) is 1. The van der Waals surface area contributed by atoms with Gasteiger partial charge in [0.25, 0.3) is 0 Å². The number of hydrogen-bond acceptors (Lipinski definition) is 2. The largest absolute Gasteiger partial charge is 0.461 e. The molecule has 4 heteroatoms. The maximum Gasteiger partial charge on any atom is 0.333 e. The summed E-state index contributed by atoms with van der Waals surface area (Å²) in [6.45, 7) is 7.48. The fraction of sp³-hybridized carbons (Fsp3) is 0.667. The topological polar surface area (TPSA) is 26.3 Å². The van der Waals surface area contributed by atoms with E-state index < -0.39 is 9.24 Å². The molecule has 0 heterocycles. The first-order valence-electron chi connectivity index (χ1n) is 3.99. The third kappa shape index (κ3) is 5.21. The number of halogens is 1. The molecule has 0 saturated heterocycles. The summed E-state index contributed by atoms with van der Waals surface area (Å²) in [7, 11) is 4.96. The minimum Gasteiger partial charge on any atom is -0.461 e. The van der Waals surface area contributed by atoms with Crippen molar-refractivity contribution in [2.75, 3.05) is 19.1 Å². The molecule has 1 atom stereocenters. The lowest BCUT2D eigenvalue weighted by Gasteiger charge is -2.29. The number of carbonyl (C=O) groups is 1. The Morgan fingerprint density at radius 3 is 2.38 bits per heavy atom. The van der Waals surface area contributed by atoms with E-state index in [0.29, 0.717) is 12.2 Å². The molecule has 1 unspecified atom stereocenters. The van der Waals surface area contributed by atoms with Crippen LogP contribution in [0.2, 0.25) is 0 Å². The second kappa shape index (κ2) is 4.91. The van der Waals surface area contributed by atoms with E-state index in [0.717, 1.165) is 0 Å². The van der Waals surface area contributed by atoms with Crippen LogP contribution >= 0.6 is 19.9 Å². The molecule has 0 bridgehead atoms. The van der Waals surface area contributed by atoms with E-state index in [-0.39, 0.29) is 11.2 Å². The highest BCUT2D eigenvalue weighted by molar-refractivity contribution is 8.50. The molecule has 0 spiro atoms. The third-order valence-corrected chi connectivity index (χ3v) is 4.72. The zero-order valence-corrected chi connectivity index (χ0v) is 10.2. The highest BCUT2D eigenvalue weighted by Crippen LogP contribution is 2.50. The maximum atomic E-state index is 11.0. The van der Waals surface area contributed by atoms with E-state index in [2.05, 4.69) is 6.58 Å². The molecule has 0 aromatic rings. The minimum absolute atomic E-state index is 0.206. The fourth-order valence-electron chi connectivity index (χ4n) is 0.478. The summed E-state index contributed by atoms with van der Waals surface area (Å²) in [6.07, 6.45) is 3.96. The quantitative estimate of drug-likeness (QED) is 0.542. The van der Waals surface area contributed by atoms with Crippen LogP contribution in [0.15, 0.2) is 12.2 Å². The van der Waals surface area contributed by atoms with Crippen LogP contribution in [0.5, 0.6) is 0 Å². The molecule has 0 amide bonds. The zero-order chi connectivity index (χ0) is 10.6. The third-order valence-electron chi connectivity index (χ3n) is 1.75. The number of rotatable bonds is 4. The monoisotopic (exact) mass is 224 g/mol. The summed E-state index contributed by atoms with van der Waals surface area (Å²) >= 11 is 0. The van der Waals surface area contributed by atoms with Crippen molar-refractivity contribution in [1.82, 2.24) is 0 Å². The smallest absolute Gasteiger partial charge is 0.333 e. The lowest BCUT2D eigenvalue weighted by atomic mass is 10.4. The maximum absolute atomic E-state index is 11.0. The predicted molar refractivity (Wildman–Crippen MR) is 60.5 cm³/mol. The molecule has 0 aliphatic heterocycles. The lowest BCUT2D eigenvalue weighted by molar-refractivity contribution is -0.138. The Kier molecular flexibility index (Phi) is 4.86. The van der Waals surface area contributed by atoms with Crippen molar-refractivity contribution >= 4 is 25.9 Å². The van der Waals surface area contributed by atoms with E-state index in [1.165, 1.54) is 0 Å². The second-order valence-corrected chi connectivity index (χ2v) is 9.21. The van der Waals surface area contributed by atoms with Gasteiger partial charge in [-0.2, -0.15) is 9.24 Å². The Balaban J connectivity index is 3.91. The molecule has 0 aliphatic carbocycles. The van der Waals surface area contributed by atoms with Gasteiger partial charge in [-0.25, -0.2) is 4.79 Å². The van der Waals surface area contributed by atoms with Crippen LogP contribution in [0.1, 0.15) is 13.8 Å². The molecule has 13 heavy (non-hydrogen) atoms. The second-order valence-electron chi connectivity index (χ2n) is 3.47. The van der Waals surface area contributed by atoms with Gasteiger partial charge >= 0.3 is 5.97 Å². The summed E-state index contributed by atoms with van der Waals surface area (Å²) in [5.74, 6) is -0.341. The van der Waals surface area contributed by atoms with Crippen LogP contribution in [0.3, 0.4) is 0 Å². The standard InChI is InChI=1S/C9H17ClO2S/c1-7(2)9(11)12-6-8(3)13(4,5)10/h8H,1,6H2,2-5H3. The Morgan fingerprint density at radius 2 is 2.08 bits per heavy atom. The van der Waals surface area contributed by atoms with Gasteiger partial charge in [0.1, 0.15) is 6.61 Å². The van der Waals surface area contributed by atoms with Crippen molar-refractivity contribution in [3.8, 4) is 0 Å². The minimum atomic E-state index is -1.16. The van der Waals surface area contributed by atoms with Crippen molar-refractivity contribution in [1.29, 1.82) is 0 Å². The molecule has 0 radical (unpaired) electrons. The normalized spacial score (nSPS) is 14.8. The summed E-state index contributed by atoms with van der Waals surface area (Å²) in [6, 6.07) is 0. The first kappa shape index (κ1) is 12.8. The molecule has 0 N–H and O–H groups in total. The lowest BCUT2D eigenvalue weighted by Crippen LogP contribution is -2.19. The molecule has 0 rings (SSSR count). The molecule has 0 aromatic heterocycles. The van der Waals surface area contributed by atoms with Crippen LogP contribution < -0.4 is 0 Å². The molecule has 0 fully saturated rings. The highest BCUT2D eigenvalue weighted by atomic mass is 35.7. The van der Waals surface area contributed by atoms with Crippen molar-refractivity contribution < 1.29 is 9.53 Å². The van der Waals surface area contributed by atoms with E-state index >= 15 is 0 Å². The Hall–Kier alpha value is -0.150. The van der Waals surface area contributed by atoms with Crippen molar-refractivity contribution in [3.63, 3.8) is 0 Å². The summed E-state index contributed by atoms with van der Waals surface area (Å²) in [5, 5.41) is 0.206. The van der Waals surface area contributed by atoms with Crippen LogP contribution in [0.25, 0.3) is 0 Å². The summed E-state index contributed by atoms with van der Waals surface area (Å²) in [5.41, 5.74) is 0.426. The molecular formula is C9H17ClO2S. The van der Waals surface area contributed by atoms with Gasteiger partial charge in [0.15, 0.2) is 0 Å². The van der Waals surface area contributed by atoms with Gasteiger partial charge in [-0.05, 0) is 19.4 Å². The van der Waals surface area contributed by atoms with Crippen molar-refractivity contribution in [3.05, 3.63) is 12.2 Å². The van der Waals surface area contributed by atoms with Gasteiger partial charge in [-0.1, -0.05) is 24.2 Å². The zero-order valence-electron chi connectivity index (χ0n) is 8.59. The van der Waals surface area contributed by atoms with Crippen LogP contribution in [0.4, 0.5) is 0 Å². The molecule has 0 saturated carbocycles. The van der Waals surface area contributed by atoms with Gasteiger partial charge in [-0.3, -0.25) is 0 Å². The number of carbonyl (C=O) groups excluding carboxylic acids is 1. The van der Waals surface area contributed by atoms with Crippen LogP contribution in [0, 0.1) is 0 Å². The van der Waals surface area contributed by atoms with E-state index in [9.17, 15) is 4.79 Å². The van der Waals surface area contributed by atoms with Crippen LogP contribution in [-0.2, 0) is 9.53 Å².